The Bertz CT molecular complexity index is 1090. The zero-order valence-corrected chi connectivity index (χ0v) is 20.1. The molecule has 1 aliphatic carbocycles. The second-order valence-electron chi connectivity index (χ2n) is 8.55. The van der Waals surface area contributed by atoms with Gasteiger partial charge in [0.05, 0.1) is 26.3 Å². The van der Waals surface area contributed by atoms with E-state index in [1.165, 1.54) is 6.42 Å². The summed E-state index contributed by atoms with van der Waals surface area (Å²) < 4.78 is 13.1. The molecule has 1 fully saturated rings. The van der Waals surface area contributed by atoms with Crippen molar-refractivity contribution in [3.05, 3.63) is 82.6 Å². The fourth-order valence-electron chi connectivity index (χ4n) is 4.64. The molecule has 0 aliphatic heterocycles. The number of carbonyl (C=O) groups is 1. The van der Waals surface area contributed by atoms with Gasteiger partial charge in [-0.05, 0) is 54.8 Å². The smallest absolute Gasteiger partial charge is 0.258 e. The maximum atomic E-state index is 13.8. The third kappa shape index (κ3) is 5.53. The summed E-state index contributed by atoms with van der Waals surface area (Å²) in [6.45, 7) is 1.26. The van der Waals surface area contributed by atoms with Crippen LogP contribution >= 0.6 is 11.6 Å². The molecule has 2 aromatic carbocycles. The highest BCUT2D eigenvalue weighted by atomic mass is 35.5. The monoisotopic (exact) mass is 466 g/mol. The Morgan fingerprint density at radius 3 is 2.58 bits per heavy atom. The zero-order valence-electron chi connectivity index (χ0n) is 19.3. The molecule has 1 heterocycles. The SMILES string of the molecule is COc1ccc(C(=O)N(Cc2cccn2Cc2cccc(Cl)c2)C2CCCCC2)c(OC)c1. The van der Waals surface area contributed by atoms with Crippen molar-refractivity contribution in [2.45, 2.75) is 51.2 Å². The van der Waals surface area contributed by atoms with Crippen molar-refractivity contribution >= 4 is 17.5 Å². The van der Waals surface area contributed by atoms with Crippen molar-refractivity contribution in [2.24, 2.45) is 0 Å². The fraction of sp³-hybridized carbons (Fsp3) is 0.370. The van der Waals surface area contributed by atoms with Crippen molar-refractivity contribution in [1.82, 2.24) is 9.47 Å². The van der Waals surface area contributed by atoms with Gasteiger partial charge in [0.2, 0.25) is 0 Å². The first kappa shape index (κ1) is 23.2. The quantitative estimate of drug-likeness (QED) is 0.398. The molecule has 1 aromatic heterocycles. The Labute approximate surface area is 200 Å². The summed E-state index contributed by atoms with van der Waals surface area (Å²) in [5.41, 5.74) is 2.80. The van der Waals surface area contributed by atoms with Gasteiger partial charge in [0.1, 0.15) is 11.5 Å². The molecule has 5 nitrogen and oxygen atoms in total. The molecule has 1 amide bonds. The van der Waals surface area contributed by atoms with Crippen molar-refractivity contribution in [3.8, 4) is 11.5 Å². The van der Waals surface area contributed by atoms with E-state index in [1.54, 1.807) is 26.4 Å². The lowest BCUT2D eigenvalue weighted by atomic mass is 9.93. The molecule has 1 saturated carbocycles. The summed E-state index contributed by atoms with van der Waals surface area (Å²) in [6, 6.07) is 17.6. The fourth-order valence-corrected chi connectivity index (χ4v) is 4.86. The first-order valence-electron chi connectivity index (χ1n) is 11.5. The lowest BCUT2D eigenvalue weighted by molar-refractivity contribution is 0.0605. The summed E-state index contributed by atoms with van der Waals surface area (Å²) in [6.07, 6.45) is 7.65. The van der Waals surface area contributed by atoms with Crippen LogP contribution in [0.1, 0.15) is 53.7 Å². The zero-order chi connectivity index (χ0) is 23.2. The number of carbonyl (C=O) groups excluding carboxylic acids is 1. The second kappa shape index (κ2) is 10.8. The topological polar surface area (TPSA) is 43.7 Å². The van der Waals surface area contributed by atoms with Crippen LogP contribution in [0.15, 0.2) is 60.8 Å². The normalized spacial score (nSPS) is 14.2. The number of benzene rings is 2. The van der Waals surface area contributed by atoms with Crippen LogP contribution in [-0.2, 0) is 13.1 Å². The maximum Gasteiger partial charge on any atom is 0.258 e. The summed E-state index contributed by atoms with van der Waals surface area (Å²) >= 11 is 6.19. The maximum absolute atomic E-state index is 13.8. The van der Waals surface area contributed by atoms with E-state index in [0.717, 1.165) is 42.0 Å². The summed E-state index contributed by atoms with van der Waals surface area (Å²) in [5.74, 6) is 1.20. The van der Waals surface area contributed by atoms with E-state index in [0.29, 0.717) is 30.2 Å². The van der Waals surface area contributed by atoms with Gasteiger partial charge in [-0.15, -0.1) is 0 Å². The van der Waals surface area contributed by atoms with Crippen molar-refractivity contribution in [1.29, 1.82) is 0 Å². The Kier molecular flexibility index (Phi) is 7.61. The average Bonchev–Trinajstić information content (AvgIpc) is 3.28. The number of aromatic nitrogens is 1. The third-order valence-corrected chi connectivity index (χ3v) is 6.65. The van der Waals surface area contributed by atoms with Crippen LogP contribution in [0, 0.1) is 0 Å². The van der Waals surface area contributed by atoms with Gasteiger partial charge < -0.3 is 18.9 Å². The van der Waals surface area contributed by atoms with Gasteiger partial charge in [0.25, 0.3) is 5.91 Å². The van der Waals surface area contributed by atoms with Gasteiger partial charge in [0.15, 0.2) is 0 Å². The minimum atomic E-state index is -0.00286. The lowest BCUT2D eigenvalue weighted by Gasteiger charge is -2.35. The molecule has 0 unspecified atom stereocenters. The molecule has 33 heavy (non-hydrogen) atoms. The lowest BCUT2D eigenvalue weighted by Crippen LogP contribution is -2.41. The van der Waals surface area contributed by atoms with Gasteiger partial charge in [-0.1, -0.05) is 43.0 Å². The average molecular weight is 467 g/mol. The summed E-state index contributed by atoms with van der Waals surface area (Å²) in [7, 11) is 3.20. The van der Waals surface area contributed by atoms with Crippen LogP contribution in [-0.4, -0.2) is 35.6 Å². The van der Waals surface area contributed by atoms with Crippen molar-refractivity contribution in [3.63, 3.8) is 0 Å². The Balaban J connectivity index is 1.63. The highest BCUT2D eigenvalue weighted by molar-refractivity contribution is 6.30. The van der Waals surface area contributed by atoms with Crippen molar-refractivity contribution < 1.29 is 14.3 Å². The van der Waals surface area contributed by atoms with Crippen LogP contribution in [0.4, 0.5) is 0 Å². The number of methoxy groups -OCH3 is 2. The van der Waals surface area contributed by atoms with Gasteiger partial charge in [0, 0.05) is 35.6 Å². The van der Waals surface area contributed by atoms with Gasteiger partial charge in [-0.3, -0.25) is 4.79 Å². The van der Waals surface area contributed by atoms with Crippen LogP contribution in [0.2, 0.25) is 5.02 Å². The number of halogens is 1. The third-order valence-electron chi connectivity index (χ3n) is 6.41. The molecule has 0 bridgehead atoms. The number of nitrogens with zero attached hydrogens (tertiary/aromatic N) is 2. The molecule has 0 radical (unpaired) electrons. The van der Waals surface area contributed by atoms with E-state index < -0.39 is 0 Å². The Morgan fingerprint density at radius 1 is 1.03 bits per heavy atom. The van der Waals surface area contributed by atoms with E-state index in [-0.39, 0.29) is 11.9 Å². The molecule has 0 N–H and O–H groups in total. The van der Waals surface area contributed by atoms with E-state index >= 15 is 0 Å². The van der Waals surface area contributed by atoms with Crippen LogP contribution < -0.4 is 9.47 Å². The highest BCUT2D eigenvalue weighted by Gasteiger charge is 2.29. The minimum Gasteiger partial charge on any atom is -0.497 e. The largest absolute Gasteiger partial charge is 0.497 e. The van der Waals surface area contributed by atoms with Gasteiger partial charge >= 0.3 is 0 Å². The number of hydrogen-bond acceptors (Lipinski definition) is 3. The van der Waals surface area contributed by atoms with Gasteiger partial charge in [-0.2, -0.15) is 0 Å². The Morgan fingerprint density at radius 2 is 1.85 bits per heavy atom. The molecule has 4 rings (SSSR count). The van der Waals surface area contributed by atoms with Crippen LogP contribution in [0.3, 0.4) is 0 Å². The Hall–Kier alpha value is -2.92. The van der Waals surface area contributed by atoms with Crippen molar-refractivity contribution in [2.75, 3.05) is 14.2 Å². The molecule has 0 saturated heterocycles. The molecular weight excluding hydrogens is 436 g/mol. The minimum absolute atomic E-state index is 0.00286. The molecule has 0 spiro atoms. The highest BCUT2D eigenvalue weighted by Crippen LogP contribution is 2.30. The second-order valence-corrected chi connectivity index (χ2v) is 8.98. The predicted octanol–water partition coefficient (Wildman–Crippen LogP) is 6.18. The number of amides is 1. The number of hydrogen-bond donors (Lipinski definition) is 0. The molecule has 0 atom stereocenters. The standard InChI is InChI=1S/C27H31ClN2O3/c1-32-24-13-14-25(26(17-24)33-2)27(31)30(22-10-4-3-5-11-22)19-23-12-7-15-29(23)18-20-8-6-9-21(28)16-20/h6-9,12-17,22H,3-5,10-11,18-19H2,1-2H3. The molecule has 174 valence electrons. The van der Waals surface area contributed by atoms with Gasteiger partial charge in [-0.25, -0.2) is 0 Å². The number of rotatable bonds is 8. The first-order valence-corrected chi connectivity index (χ1v) is 11.9. The van der Waals surface area contributed by atoms with E-state index in [4.69, 9.17) is 21.1 Å². The number of ether oxygens (including phenoxy) is 2. The van der Waals surface area contributed by atoms with E-state index in [9.17, 15) is 4.79 Å². The van der Waals surface area contributed by atoms with Crippen LogP contribution in [0.25, 0.3) is 0 Å². The van der Waals surface area contributed by atoms with Crippen LogP contribution in [0.5, 0.6) is 11.5 Å². The molecule has 6 heteroatoms. The molecule has 1 aliphatic rings. The molecular formula is C27H31ClN2O3. The van der Waals surface area contributed by atoms with E-state index in [1.807, 2.05) is 35.2 Å². The molecule has 3 aromatic rings. The van der Waals surface area contributed by atoms with E-state index in [2.05, 4.69) is 22.9 Å². The summed E-state index contributed by atoms with van der Waals surface area (Å²) in [4.78, 5) is 15.9. The predicted molar refractivity (Wildman–Crippen MR) is 131 cm³/mol. The first-order chi connectivity index (χ1) is 16.1. The summed E-state index contributed by atoms with van der Waals surface area (Å²) in [5, 5.41) is 0.729.